The van der Waals surface area contributed by atoms with Crippen molar-refractivity contribution in [3.63, 3.8) is 0 Å². The van der Waals surface area contributed by atoms with Crippen LogP contribution in [0.5, 0.6) is 11.5 Å². The average molecular weight is 444 g/mol. The first-order valence-electron chi connectivity index (χ1n) is 7.52. The van der Waals surface area contributed by atoms with Gasteiger partial charge in [0.15, 0.2) is 17.5 Å². The summed E-state index contributed by atoms with van der Waals surface area (Å²) in [5, 5.41) is 6.95. The minimum absolute atomic E-state index is 0. The predicted octanol–water partition coefficient (Wildman–Crippen LogP) is 3.00. The largest absolute Gasteiger partial charge is 0.490 e. The number of aryl methyl sites for hydroxylation is 2. The Bertz CT molecular complexity index is 711. The van der Waals surface area contributed by atoms with Crippen LogP contribution >= 0.6 is 24.0 Å². The number of aliphatic imine (C=N–C) groups is 1. The maximum absolute atomic E-state index is 5.95. The van der Waals surface area contributed by atoms with Crippen molar-refractivity contribution in [1.29, 1.82) is 0 Å². The van der Waals surface area contributed by atoms with Crippen LogP contribution in [0.15, 0.2) is 27.7 Å². The highest BCUT2D eigenvalue weighted by atomic mass is 127. The summed E-state index contributed by atoms with van der Waals surface area (Å²) < 4.78 is 16.4. The Kier molecular flexibility index (Phi) is 6.29. The molecule has 0 fully saturated rings. The number of anilines is 1. The maximum Gasteiger partial charge on any atom is 0.193 e. The molecule has 1 aromatic heterocycles. The fourth-order valence-electron chi connectivity index (χ4n) is 2.32. The molecule has 0 aliphatic carbocycles. The van der Waals surface area contributed by atoms with E-state index in [0.717, 1.165) is 34.9 Å². The normalized spacial score (nSPS) is 13.8. The number of halogens is 1. The van der Waals surface area contributed by atoms with Gasteiger partial charge in [0.05, 0.1) is 25.5 Å². The number of ether oxygens (including phenoxy) is 2. The lowest BCUT2D eigenvalue weighted by molar-refractivity contribution is 0.297. The first-order chi connectivity index (χ1) is 11.1. The lowest BCUT2D eigenvalue weighted by Crippen LogP contribution is -2.22. The van der Waals surface area contributed by atoms with Crippen LogP contribution in [0, 0.1) is 13.8 Å². The number of guanidine groups is 1. The third-order valence-corrected chi connectivity index (χ3v) is 3.61. The second kappa shape index (κ2) is 8.22. The highest BCUT2D eigenvalue weighted by Crippen LogP contribution is 2.32. The fourth-order valence-corrected chi connectivity index (χ4v) is 2.32. The molecule has 1 aliphatic heterocycles. The molecule has 3 rings (SSSR count). The van der Waals surface area contributed by atoms with Crippen LogP contribution < -0.4 is 20.5 Å². The number of benzene rings is 1. The molecule has 7 nitrogen and oxygen atoms in total. The monoisotopic (exact) mass is 444 g/mol. The number of rotatable bonds is 3. The van der Waals surface area contributed by atoms with Crippen molar-refractivity contribution in [1.82, 2.24) is 5.16 Å². The van der Waals surface area contributed by atoms with Crippen molar-refractivity contribution in [3.05, 3.63) is 35.2 Å². The quantitative estimate of drug-likeness (QED) is 0.430. The van der Waals surface area contributed by atoms with Crippen LogP contribution in [0.1, 0.15) is 23.4 Å². The third kappa shape index (κ3) is 4.31. The van der Waals surface area contributed by atoms with Crippen molar-refractivity contribution in [3.8, 4) is 11.5 Å². The zero-order valence-electron chi connectivity index (χ0n) is 13.7. The third-order valence-electron chi connectivity index (χ3n) is 3.61. The number of nitrogens with zero attached hydrogens (tertiary/aromatic N) is 2. The number of fused-ring (bicyclic) bond motifs is 1. The van der Waals surface area contributed by atoms with Crippen molar-refractivity contribution < 1.29 is 14.0 Å². The minimum atomic E-state index is 0. The molecule has 130 valence electrons. The van der Waals surface area contributed by atoms with E-state index in [0.29, 0.717) is 31.5 Å². The Morgan fingerprint density at radius 1 is 1.25 bits per heavy atom. The highest BCUT2D eigenvalue weighted by Gasteiger charge is 2.11. The number of hydrogen-bond acceptors (Lipinski definition) is 5. The standard InChI is InChI=1S/C16H20N4O3.HI/c1-10-13(11(2)23-20-10)9-18-16(17)19-12-4-5-14-15(8-12)22-7-3-6-21-14;/h4-5,8H,3,6-7,9H2,1-2H3,(H3,17,18,19);1H. The van der Waals surface area contributed by atoms with Crippen LogP contribution in [-0.4, -0.2) is 24.3 Å². The Hall–Kier alpha value is -1.97. The fraction of sp³-hybridized carbons (Fsp3) is 0.375. The van der Waals surface area contributed by atoms with Crippen LogP contribution in [-0.2, 0) is 6.54 Å². The van der Waals surface area contributed by atoms with Crippen LogP contribution in [0.3, 0.4) is 0 Å². The average Bonchev–Trinajstić information content (AvgIpc) is 2.74. The van der Waals surface area contributed by atoms with Gasteiger partial charge in [-0.05, 0) is 26.0 Å². The summed E-state index contributed by atoms with van der Waals surface area (Å²) >= 11 is 0. The first kappa shape index (κ1) is 18.4. The van der Waals surface area contributed by atoms with Crippen molar-refractivity contribution in [2.45, 2.75) is 26.8 Å². The Morgan fingerprint density at radius 3 is 2.71 bits per heavy atom. The highest BCUT2D eigenvalue weighted by molar-refractivity contribution is 14.0. The maximum atomic E-state index is 5.95. The summed E-state index contributed by atoms with van der Waals surface area (Å²) in [5.41, 5.74) is 8.53. The molecule has 2 heterocycles. The molecule has 0 unspecified atom stereocenters. The summed E-state index contributed by atoms with van der Waals surface area (Å²) in [4.78, 5) is 4.33. The molecule has 0 saturated carbocycles. The molecule has 0 radical (unpaired) electrons. The van der Waals surface area contributed by atoms with Crippen LogP contribution in [0.4, 0.5) is 5.69 Å². The molecule has 0 spiro atoms. The molecule has 1 aliphatic rings. The smallest absolute Gasteiger partial charge is 0.193 e. The van der Waals surface area contributed by atoms with E-state index < -0.39 is 0 Å². The molecule has 8 heteroatoms. The van der Waals surface area contributed by atoms with Gasteiger partial charge in [0.2, 0.25) is 0 Å². The molecule has 0 bridgehead atoms. The second-order valence-electron chi connectivity index (χ2n) is 5.34. The van der Waals surface area contributed by atoms with Gasteiger partial charge in [-0.25, -0.2) is 4.99 Å². The van der Waals surface area contributed by atoms with E-state index in [1.54, 1.807) is 0 Å². The Morgan fingerprint density at radius 2 is 2.00 bits per heavy atom. The van der Waals surface area contributed by atoms with Gasteiger partial charge >= 0.3 is 0 Å². The van der Waals surface area contributed by atoms with Gasteiger partial charge in [-0.3, -0.25) is 0 Å². The molecule has 24 heavy (non-hydrogen) atoms. The molecule has 0 atom stereocenters. The van der Waals surface area contributed by atoms with Crippen LogP contribution in [0.2, 0.25) is 0 Å². The zero-order valence-corrected chi connectivity index (χ0v) is 16.0. The van der Waals surface area contributed by atoms with Gasteiger partial charge in [-0.2, -0.15) is 0 Å². The molecular formula is C16H21IN4O3. The lowest BCUT2D eigenvalue weighted by atomic mass is 10.2. The lowest BCUT2D eigenvalue weighted by Gasteiger charge is -2.10. The number of nitrogens with two attached hydrogens (primary N) is 1. The number of hydrogen-bond donors (Lipinski definition) is 2. The molecule has 2 aromatic rings. The van der Waals surface area contributed by atoms with E-state index >= 15 is 0 Å². The van der Waals surface area contributed by atoms with Gasteiger partial charge in [0, 0.05) is 23.7 Å². The number of nitrogens with one attached hydrogen (secondary N) is 1. The van der Waals surface area contributed by atoms with E-state index in [1.807, 2.05) is 32.0 Å². The topological polar surface area (TPSA) is 94.9 Å². The Balaban J connectivity index is 0.00000208. The molecule has 3 N–H and O–H groups in total. The summed E-state index contributed by atoms with van der Waals surface area (Å²) in [7, 11) is 0. The summed E-state index contributed by atoms with van der Waals surface area (Å²) in [6.45, 7) is 5.48. The van der Waals surface area contributed by atoms with Crippen molar-refractivity contribution in [2.24, 2.45) is 10.7 Å². The van der Waals surface area contributed by atoms with Gasteiger partial charge in [-0.15, -0.1) is 24.0 Å². The second-order valence-corrected chi connectivity index (χ2v) is 5.34. The van der Waals surface area contributed by atoms with Gasteiger partial charge in [0.1, 0.15) is 5.76 Å². The summed E-state index contributed by atoms with van der Waals surface area (Å²) in [5.74, 6) is 2.54. The predicted molar refractivity (Wildman–Crippen MR) is 102 cm³/mol. The molecule has 0 saturated heterocycles. The SMILES string of the molecule is Cc1noc(C)c1CN=C(N)Nc1ccc2c(c1)OCCCO2.I. The minimum Gasteiger partial charge on any atom is -0.490 e. The first-order valence-corrected chi connectivity index (χ1v) is 7.52. The summed E-state index contributed by atoms with van der Waals surface area (Å²) in [6.07, 6.45) is 0.873. The molecule has 0 amide bonds. The van der Waals surface area contributed by atoms with E-state index in [1.165, 1.54) is 0 Å². The molecule has 1 aromatic carbocycles. The van der Waals surface area contributed by atoms with Gasteiger partial charge in [0.25, 0.3) is 0 Å². The van der Waals surface area contributed by atoms with E-state index in [4.69, 9.17) is 19.7 Å². The van der Waals surface area contributed by atoms with Crippen molar-refractivity contribution in [2.75, 3.05) is 18.5 Å². The van der Waals surface area contributed by atoms with Crippen LogP contribution in [0.25, 0.3) is 0 Å². The number of aromatic nitrogens is 1. The van der Waals surface area contributed by atoms with E-state index in [2.05, 4.69) is 15.5 Å². The summed E-state index contributed by atoms with van der Waals surface area (Å²) in [6, 6.07) is 5.61. The van der Waals surface area contributed by atoms with E-state index in [9.17, 15) is 0 Å². The van der Waals surface area contributed by atoms with Crippen molar-refractivity contribution >= 4 is 35.6 Å². The zero-order chi connectivity index (χ0) is 16.2. The Labute approximate surface area is 157 Å². The van der Waals surface area contributed by atoms with Gasteiger partial charge < -0.3 is 25.0 Å². The molecular weight excluding hydrogens is 423 g/mol. The van der Waals surface area contributed by atoms with E-state index in [-0.39, 0.29) is 24.0 Å². The van der Waals surface area contributed by atoms with Gasteiger partial charge in [-0.1, -0.05) is 5.16 Å².